The first-order chi connectivity index (χ1) is 6.81. The number of rotatable bonds is 6. The van der Waals surface area contributed by atoms with Gasteiger partial charge in [-0.15, -0.1) is 0 Å². The van der Waals surface area contributed by atoms with E-state index in [1.165, 1.54) is 0 Å². The molecule has 1 unspecified atom stereocenters. The molecule has 0 aliphatic heterocycles. The summed E-state index contributed by atoms with van der Waals surface area (Å²) in [6.07, 6.45) is -3.43. The summed E-state index contributed by atoms with van der Waals surface area (Å²) in [6, 6.07) is 0. The van der Waals surface area contributed by atoms with Crippen LogP contribution in [-0.2, 0) is 4.74 Å². The average molecular weight is 222 g/mol. The van der Waals surface area contributed by atoms with Crippen LogP contribution in [0.15, 0.2) is 0 Å². The first kappa shape index (κ1) is 14.8. The Hall–Kier alpha value is -0.200. The lowest BCUT2D eigenvalue weighted by atomic mass is 9.98. The third-order valence-corrected chi connectivity index (χ3v) is 1.87. The molecule has 5 heteroatoms. The van der Waals surface area contributed by atoms with E-state index in [1.54, 1.807) is 0 Å². The molecule has 0 aromatic rings. The number of aliphatic hydroxyl groups excluding tert-OH is 4. The molecule has 0 saturated heterocycles. The monoisotopic (exact) mass is 222 g/mol. The summed E-state index contributed by atoms with van der Waals surface area (Å²) in [5, 5.41) is 36.2. The standard InChI is InChI=1S/C10H22O5/c1-10(2,3)6-15-8(5-12)9(14)7(13)4-11/h7-9,11-14H,4-6H2,1-3H3/t7-,8?,9-/m1/s1. The summed E-state index contributed by atoms with van der Waals surface area (Å²) in [5.74, 6) is 0. The van der Waals surface area contributed by atoms with E-state index < -0.39 is 31.5 Å². The molecule has 15 heavy (non-hydrogen) atoms. The largest absolute Gasteiger partial charge is 0.394 e. The minimum absolute atomic E-state index is 0.0860. The van der Waals surface area contributed by atoms with E-state index in [1.807, 2.05) is 20.8 Å². The molecule has 0 heterocycles. The Balaban J connectivity index is 4.13. The Morgan fingerprint density at radius 2 is 1.60 bits per heavy atom. The van der Waals surface area contributed by atoms with E-state index in [4.69, 9.17) is 20.1 Å². The maximum absolute atomic E-state index is 9.48. The Morgan fingerprint density at radius 3 is 1.93 bits per heavy atom. The average Bonchev–Trinajstić information content (AvgIpc) is 2.15. The fourth-order valence-corrected chi connectivity index (χ4v) is 0.972. The molecule has 0 fully saturated rings. The highest BCUT2D eigenvalue weighted by Gasteiger charge is 2.27. The van der Waals surface area contributed by atoms with Gasteiger partial charge in [0, 0.05) is 0 Å². The molecule has 0 amide bonds. The van der Waals surface area contributed by atoms with Crippen molar-refractivity contribution in [1.29, 1.82) is 0 Å². The fourth-order valence-electron chi connectivity index (χ4n) is 0.972. The highest BCUT2D eigenvalue weighted by atomic mass is 16.5. The summed E-state index contributed by atoms with van der Waals surface area (Å²) in [4.78, 5) is 0. The van der Waals surface area contributed by atoms with Gasteiger partial charge in [-0.25, -0.2) is 0 Å². The summed E-state index contributed by atoms with van der Waals surface area (Å²) in [5.41, 5.74) is -0.0860. The zero-order chi connectivity index (χ0) is 12.1. The van der Waals surface area contributed by atoms with Gasteiger partial charge in [0.05, 0.1) is 19.8 Å². The van der Waals surface area contributed by atoms with E-state index in [0.29, 0.717) is 6.61 Å². The Bertz CT molecular complexity index is 166. The zero-order valence-electron chi connectivity index (χ0n) is 9.55. The van der Waals surface area contributed by atoms with Gasteiger partial charge in [0.15, 0.2) is 0 Å². The van der Waals surface area contributed by atoms with Crippen molar-refractivity contribution in [2.75, 3.05) is 19.8 Å². The van der Waals surface area contributed by atoms with Crippen LogP contribution in [0.25, 0.3) is 0 Å². The van der Waals surface area contributed by atoms with Crippen LogP contribution in [0.3, 0.4) is 0 Å². The highest BCUT2D eigenvalue weighted by Crippen LogP contribution is 2.15. The predicted molar refractivity (Wildman–Crippen MR) is 55.4 cm³/mol. The van der Waals surface area contributed by atoms with E-state index in [0.717, 1.165) is 0 Å². The predicted octanol–water partition coefficient (Wildman–Crippen LogP) is -0.876. The van der Waals surface area contributed by atoms with Gasteiger partial charge in [0.25, 0.3) is 0 Å². The van der Waals surface area contributed by atoms with Crippen molar-refractivity contribution in [3.63, 3.8) is 0 Å². The highest BCUT2D eigenvalue weighted by molar-refractivity contribution is 4.76. The van der Waals surface area contributed by atoms with Crippen molar-refractivity contribution >= 4 is 0 Å². The molecule has 0 saturated carbocycles. The molecule has 5 nitrogen and oxygen atoms in total. The Morgan fingerprint density at radius 1 is 1.07 bits per heavy atom. The molecule has 0 aliphatic carbocycles. The van der Waals surface area contributed by atoms with Crippen molar-refractivity contribution in [2.45, 2.75) is 39.1 Å². The normalized spacial score (nSPS) is 18.6. The SMILES string of the molecule is CC(C)(C)COC(CO)[C@H](O)[C@H](O)CO. The number of ether oxygens (including phenoxy) is 1. The first-order valence-electron chi connectivity index (χ1n) is 5.01. The molecule has 4 N–H and O–H groups in total. The zero-order valence-corrected chi connectivity index (χ0v) is 9.55. The van der Waals surface area contributed by atoms with Crippen LogP contribution in [0.1, 0.15) is 20.8 Å². The van der Waals surface area contributed by atoms with Crippen molar-refractivity contribution in [2.24, 2.45) is 5.41 Å². The maximum atomic E-state index is 9.48. The molecule has 3 atom stereocenters. The summed E-state index contributed by atoms with van der Waals surface area (Å²) in [6.45, 7) is 5.27. The third-order valence-electron chi connectivity index (χ3n) is 1.87. The van der Waals surface area contributed by atoms with Crippen LogP contribution in [0.4, 0.5) is 0 Å². The summed E-state index contributed by atoms with van der Waals surface area (Å²) in [7, 11) is 0. The molecule has 92 valence electrons. The van der Waals surface area contributed by atoms with Crippen LogP contribution in [0.5, 0.6) is 0 Å². The molecule has 0 rings (SSSR count). The summed E-state index contributed by atoms with van der Waals surface area (Å²) >= 11 is 0. The second-order valence-corrected chi connectivity index (χ2v) is 4.83. The molecule has 0 radical (unpaired) electrons. The minimum atomic E-state index is -1.29. The number of hydrogen-bond acceptors (Lipinski definition) is 5. The maximum Gasteiger partial charge on any atom is 0.110 e. The summed E-state index contributed by atoms with van der Waals surface area (Å²) < 4.78 is 5.27. The van der Waals surface area contributed by atoms with Gasteiger partial charge < -0.3 is 25.2 Å². The second-order valence-electron chi connectivity index (χ2n) is 4.83. The molecular formula is C10H22O5. The Labute approximate surface area is 90.3 Å². The van der Waals surface area contributed by atoms with Gasteiger partial charge in [0.1, 0.15) is 18.3 Å². The lowest BCUT2D eigenvalue weighted by Gasteiger charge is -2.28. The van der Waals surface area contributed by atoms with E-state index in [9.17, 15) is 5.11 Å². The molecule has 0 bridgehead atoms. The lowest BCUT2D eigenvalue weighted by Crippen LogP contribution is -2.44. The third kappa shape index (κ3) is 6.06. The molecule has 0 aromatic carbocycles. The van der Waals surface area contributed by atoms with Gasteiger partial charge in [-0.1, -0.05) is 20.8 Å². The minimum Gasteiger partial charge on any atom is -0.394 e. The molecule has 0 spiro atoms. The van der Waals surface area contributed by atoms with Crippen LogP contribution in [0, 0.1) is 5.41 Å². The van der Waals surface area contributed by atoms with Gasteiger partial charge in [-0.05, 0) is 5.41 Å². The van der Waals surface area contributed by atoms with E-state index in [-0.39, 0.29) is 5.41 Å². The van der Waals surface area contributed by atoms with Gasteiger partial charge in [-0.3, -0.25) is 0 Å². The van der Waals surface area contributed by atoms with Gasteiger partial charge in [0.2, 0.25) is 0 Å². The van der Waals surface area contributed by atoms with Gasteiger partial charge >= 0.3 is 0 Å². The van der Waals surface area contributed by atoms with Crippen molar-refractivity contribution < 1.29 is 25.2 Å². The topological polar surface area (TPSA) is 90.2 Å². The second kappa shape index (κ2) is 6.40. The quantitative estimate of drug-likeness (QED) is 0.469. The van der Waals surface area contributed by atoms with Crippen LogP contribution < -0.4 is 0 Å². The molecule has 0 aliphatic rings. The van der Waals surface area contributed by atoms with Crippen molar-refractivity contribution in [1.82, 2.24) is 0 Å². The molecular weight excluding hydrogens is 200 g/mol. The van der Waals surface area contributed by atoms with Crippen LogP contribution in [0.2, 0.25) is 0 Å². The van der Waals surface area contributed by atoms with Gasteiger partial charge in [-0.2, -0.15) is 0 Å². The van der Waals surface area contributed by atoms with E-state index >= 15 is 0 Å². The molecule has 0 aromatic heterocycles. The fraction of sp³-hybridized carbons (Fsp3) is 1.00. The van der Waals surface area contributed by atoms with E-state index in [2.05, 4.69) is 0 Å². The Kier molecular flexibility index (Phi) is 6.31. The number of hydrogen-bond donors (Lipinski definition) is 4. The number of aliphatic hydroxyl groups is 4. The smallest absolute Gasteiger partial charge is 0.110 e. The van der Waals surface area contributed by atoms with Crippen molar-refractivity contribution in [3.05, 3.63) is 0 Å². The first-order valence-corrected chi connectivity index (χ1v) is 5.01. The van der Waals surface area contributed by atoms with Crippen LogP contribution >= 0.6 is 0 Å². The lowest BCUT2D eigenvalue weighted by molar-refractivity contribution is -0.127. The van der Waals surface area contributed by atoms with Crippen LogP contribution in [-0.4, -0.2) is 58.6 Å². The van der Waals surface area contributed by atoms with Crippen molar-refractivity contribution in [3.8, 4) is 0 Å².